The molecule has 1 N–H and O–H groups in total. The highest BCUT2D eigenvalue weighted by Gasteiger charge is 2.19. The van der Waals surface area contributed by atoms with Crippen LogP contribution in [0.1, 0.15) is 5.69 Å². The van der Waals surface area contributed by atoms with Gasteiger partial charge in [0.25, 0.3) is 0 Å². The number of H-pyrrole nitrogens is 1. The number of aromatic nitrogens is 5. The van der Waals surface area contributed by atoms with Crippen molar-refractivity contribution in [3.05, 3.63) is 40.5 Å². The molecule has 0 atom stereocenters. The van der Waals surface area contributed by atoms with Gasteiger partial charge in [-0.1, -0.05) is 29.3 Å². The fraction of sp³-hybridized carbons (Fsp3) is 0.0667. The molecular formula is C15H8Cl2N6. The Morgan fingerprint density at radius 3 is 2.87 bits per heavy atom. The molecule has 3 aromatic heterocycles. The molecule has 0 aliphatic rings. The lowest BCUT2D eigenvalue weighted by Crippen LogP contribution is -1.88. The zero-order valence-corrected chi connectivity index (χ0v) is 13.3. The molecule has 0 saturated carbocycles. The van der Waals surface area contributed by atoms with Gasteiger partial charge in [-0.3, -0.25) is 4.68 Å². The third kappa shape index (κ3) is 1.91. The second-order valence-electron chi connectivity index (χ2n) is 4.94. The van der Waals surface area contributed by atoms with Gasteiger partial charge in [-0.2, -0.15) is 10.4 Å². The molecule has 8 heteroatoms. The molecule has 0 amide bonds. The first kappa shape index (κ1) is 12.9. The van der Waals surface area contributed by atoms with E-state index in [1.807, 2.05) is 6.07 Å². The maximum atomic E-state index is 9.33. The Labute approximate surface area is 141 Å². The number of nitrogens with one attached hydrogen (secondary N) is 1. The van der Waals surface area contributed by atoms with E-state index in [1.165, 1.54) is 6.33 Å². The molecular weight excluding hydrogens is 335 g/mol. The quantitative estimate of drug-likeness (QED) is 0.571. The van der Waals surface area contributed by atoms with Gasteiger partial charge in [0.2, 0.25) is 0 Å². The van der Waals surface area contributed by atoms with Gasteiger partial charge in [-0.15, -0.1) is 0 Å². The Kier molecular flexibility index (Phi) is 2.77. The fourth-order valence-corrected chi connectivity index (χ4v) is 3.25. The molecule has 0 bridgehead atoms. The number of nitriles is 1. The molecule has 3 heterocycles. The topological polar surface area (TPSA) is 83.2 Å². The number of halogens is 2. The number of hydrogen-bond acceptors (Lipinski definition) is 4. The first-order valence-corrected chi connectivity index (χ1v) is 7.35. The second kappa shape index (κ2) is 4.95. The zero-order chi connectivity index (χ0) is 17.0. The smallest absolute Gasteiger partial charge is 0.167 e. The van der Waals surface area contributed by atoms with E-state index < -0.39 is 0 Å². The lowest BCUT2D eigenvalue weighted by atomic mass is 10.0. The van der Waals surface area contributed by atoms with Crippen molar-refractivity contribution in [1.82, 2.24) is 24.7 Å². The molecule has 0 spiro atoms. The minimum atomic E-state index is 0.189. The van der Waals surface area contributed by atoms with Crippen LogP contribution in [0.25, 0.3) is 33.1 Å². The van der Waals surface area contributed by atoms with Crippen LogP contribution in [-0.4, -0.2) is 24.7 Å². The number of fused-ring (bicyclic) bond motifs is 2. The summed E-state index contributed by atoms with van der Waals surface area (Å²) in [5.41, 5.74) is 2.44. The van der Waals surface area contributed by atoms with Crippen molar-refractivity contribution in [2.75, 3.05) is 0 Å². The third-order valence-electron chi connectivity index (χ3n) is 3.68. The van der Waals surface area contributed by atoms with E-state index in [1.54, 1.807) is 30.1 Å². The summed E-state index contributed by atoms with van der Waals surface area (Å²) in [7, 11) is 1.73. The molecule has 6 nitrogen and oxygen atoms in total. The number of nitrogens with zero attached hydrogens (tertiary/aromatic N) is 5. The van der Waals surface area contributed by atoms with E-state index in [0.717, 1.165) is 4.98 Å². The molecule has 112 valence electrons. The van der Waals surface area contributed by atoms with E-state index in [-0.39, 0.29) is 5.69 Å². The summed E-state index contributed by atoms with van der Waals surface area (Å²) in [6.45, 7) is 0. The van der Waals surface area contributed by atoms with Crippen LogP contribution < -0.4 is 0 Å². The largest absolute Gasteiger partial charge is 0.345 e. The first-order chi connectivity index (χ1) is 11.5. The minimum absolute atomic E-state index is 0.189. The maximum Gasteiger partial charge on any atom is 0.167 e. The van der Waals surface area contributed by atoms with Crippen molar-refractivity contribution < 1.29 is 1.41 Å². The molecule has 0 saturated heterocycles. The van der Waals surface area contributed by atoms with Crippen LogP contribution in [0.4, 0.5) is 0 Å². The molecule has 0 unspecified atom stereocenters. The van der Waals surface area contributed by atoms with E-state index in [9.17, 15) is 5.26 Å². The Bertz CT molecular complexity index is 1170. The van der Waals surface area contributed by atoms with E-state index in [0.29, 0.717) is 43.2 Å². The van der Waals surface area contributed by atoms with Crippen molar-refractivity contribution in [2.24, 2.45) is 7.05 Å². The van der Waals surface area contributed by atoms with Crippen LogP contribution in [0.5, 0.6) is 0 Å². The number of hydrogen-bond donors (Lipinski definition) is 1. The van der Waals surface area contributed by atoms with Crippen LogP contribution in [0, 0.1) is 11.3 Å². The summed E-state index contributed by atoms with van der Waals surface area (Å²) >= 11 is 12.9. The lowest BCUT2D eigenvalue weighted by molar-refractivity contribution is 0.780. The average molecular weight is 344 g/mol. The van der Waals surface area contributed by atoms with Gasteiger partial charge in [0.05, 0.1) is 21.3 Å². The van der Waals surface area contributed by atoms with Crippen LogP contribution in [0.3, 0.4) is 0 Å². The lowest BCUT2D eigenvalue weighted by Gasteiger charge is -2.05. The predicted molar refractivity (Wildman–Crippen MR) is 88.3 cm³/mol. The van der Waals surface area contributed by atoms with Crippen LogP contribution in [0.15, 0.2) is 24.7 Å². The Morgan fingerprint density at radius 2 is 2.09 bits per heavy atom. The van der Waals surface area contributed by atoms with Crippen molar-refractivity contribution in [3.8, 4) is 17.2 Å². The summed E-state index contributed by atoms with van der Waals surface area (Å²) in [5.74, 6) is 0. The molecule has 4 aromatic rings. The summed E-state index contributed by atoms with van der Waals surface area (Å²) in [5, 5.41) is 15.6. The molecule has 0 aliphatic carbocycles. The van der Waals surface area contributed by atoms with Crippen molar-refractivity contribution in [1.29, 1.82) is 5.26 Å². The molecule has 4 rings (SSSR count). The fourth-order valence-electron chi connectivity index (χ4n) is 2.62. The molecule has 0 fully saturated rings. The van der Waals surface area contributed by atoms with Crippen LogP contribution >= 0.6 is 23.2 Å². The van der Waals surface area contributed by atoms with Crippen molar-refractivity contribution >= 4 is 45.1 Å². The second-order valence-corrected chi connectivity index (χ2v) is 5.68. The van der Waals surface area contributed by atoms with E-state index in [4.69, 9.17) is 24.6 Å². The summed E-state index contributed by atoms with van der Waals surface area (Å²) < 4.78 is 9.56. The highest BCUT2D eigenvalue weighted by atomic mass is 35.5. The van der Waals surface area contributed by atoms with Crippen molar-refractivity contribution in [2.45, 2.75) is 0 Å². The number of aromatic amines is 1. The summed E-state index contributed by atoms with van der Waals surface area (Å²) in [4.78, 5) is 9.16. The Hall–Kier alpha value is -2.62. The van der Waals surface area contributed by atoms with Gasteiger partial charge in [0, 0.05) is 24.4 Å². The SMILES string of the molecule is [2H]n1cc(-c2ccc3nn(C)c(Cl)c3c2Cl)c2c(C#N)ncnc21. The van der Waals surface area contributed by atoms with Gasteiger partial charge >= 0.3 is 0 Å². The maximum absolute atomic E-state index is 9.33. The van der Waals surface area contributed by atoms with E-state index in [2.05, 4.69) is 15.1 Å². The van der Waals surface area contributed by atoms with Gasteiger partial charge in [0.1, 0.15) is 23.2 Å². The monoisotopic (exact) mass is 343 g/mol. The van der Waals surface area contributed by atoms with Crippen LogP contribution in [-0.2, 0) is 7.05 Å². The minimum Gasteiger partial charge on any atom is -0.345 e. The molecule has 23 heavy (non-hydrogen) atoms. The summed E-state index contributed by atoms with van der Waals surface area (Å²) in [6.07, 6.45) is 2.82. The van der Waals surface area contributed by atoms with Gasteiger partial charge in [0.15, 0.2) is 7.11 Å². The Balaban J connectivity index is 2.13. The third-order valence-corrected chi connectivity index (χ3v) is 4.50. The summed E-state index contributed by atoms with van der Waals surface area (Å²) in [6, 6.07) is 5.62. The Morgan fingerprint density at radius 1 is 1.26 bits per heavy atom. The highest BCUT2D eigenvalue weighted by molar-refractivity contribution is 6.43. The van der Waals surface area contributed by atoms with Gasteiger partial charge in [-0.25, -0.2) is 9.97 Å². The van der Waals surface area contributed by atoms with Gasteiger partial charge < -0.3 is 4.98 Å². The van der Waals surface area contributed by atoms with Crippen LogP contribution in [0.2, 0.25) is 11.6 Å². The first-order valence-electron chi connectivity index (χ1n) is 7.04. The highest BCUT2D eigenvalue weighted by Crippen LogP contribution is 2.40. The van der Waals surface area contributed by atoms with Gasteiger partial charge in [-0.05, 0) is 6.07 Å². The molecule has 0 radical (unpaired) electrons. The predicted octanol–water partition coefficient (Wildman–Crippen LogP) is 3.69. The normalized spacial score (nSPS) is 11.8. The molecule has 0 aliphatic heterocycles. The number of aryl methyl sites for hydroxylation is 1. The van der Waals surface area contributed by atoms with Crippen molar-refractivity contribution in [3.63, 3.8) is 0 Å². The van der Waals surface area contributed by atoms with E-state index >= 15 is 0 Å². The number of benzene rings is 1. The number of rotatable bonds is 1. The molecule has 1 aromatic carbocycles. The standard InChI is InChI=1S/C15H8Cl2N6/c1-23-14(17)12-9(22-23)3-2-7(13(12)16)8-5-19-15-11(8)10(4-18)20-6-21-15/h2-3,5-6H,1H3,(H,19,20,21)/i/hD. The zero-order valence-electron chi connectivity index (χ0n) is 12.7. The average Bonchev–Trinajstić information content (AvgIpc) is 3.06.